The second-order valence-electron chi connectivity index (χ2n) is 5.15. The van der Waals surface area contributed by atoms with Gasteiger partial charge in [0.1, 0.15) is 0 Å². The van der Waals surface area contributed by atoms with E-state index in [0.717, 1.165) is 18.0 Å². The van der Waals surface area contributed by atoms with Crippen LogP contribution in [0.1, 0.15) is 31.6 Å². The number of hydrogen-bond acceptors (Lipinski definition) is 4. The van der Waals surface area contributed by atoms with Gasteiger partial charge in [-0.3, -0.25) is 10.1 Å². The van der Waals surface area contributed by atoms with Gasteiger partial charge >= 0.3 is 5.00 Å². The van der Waals surface area contributed by atoms with Gasteiger partial charge in [-0.05, 0) is 30.5 Å². The molecule has 1 aromatic rings. The summed E-state index contributed by atoms with van der Waals surface area (Å²) in [4.78, 5) is 11.5. The number of thiophene rings is 1. The Morgan fingerprint density at radius 1 is 1.53 bits per heavy atom. The Morgan fingerprint density at radius 2 is 2.24 bits per heavy atom. The largest absolute Gasteiger partial charge is 0.324 e. The van der Waals surface area contributed by atoms with Crippen molar-refractivity contribution < 1.29 is 4.92 Å². The third-order valence-corrected chi connectivity index (χ3v) is 4.88. The summed E-state index contributed by atoms with van der Waals surface area (Å²) in [6.07, 6.45) is 0. The zero-order valence-electron chi connectivity index (χ0n) is 10.4. The molecular weight excluding hydrogens is 236 g/mol. The van der Waals surface area contributed by atoms with Crippen LogP contribution in [0.2, 0.25) is 0 Å². The van der Waals surface area contributed by atoms with Crippen LogP contribution < -0.4 is 5.32 Å². The Bertz CT molecular complexity index is 428. The highest BCUT2D eigenvalue weighted by Crippen LogP contribution is 2.65. The standard InChI is InChI=1S/C12H18N2O2S/c1-4-13-7-8-11(12(8,2)3)9-5-6-10(17-9)14(15)16/h5-6,8,11,13H,4,7H2,1-3H3. The molecule has 0 amide bonds. The van der Waals surface area contributed by atoms with Crippen LogP contribution in [0.15, 0.2) is 12.1 Å². The lowest BCUT2D eigenvalue weighted by molar-refractivity contribution is -0.380. The first-order valence-electron chi connectivity index (χ1n) is 5.93. The fourth-order valence-corrected chi connectivity index (χ4v) is 3.78. The van der Waals surface area contributed by atoms with Gasteiger partial charge in [-0.2, -0.15) is 0 Å². The quantitative estimate of drug-likeness (QED) is 0.649. The average Bonchev–Trinajstić information content (AvgIpc) is 2.67. The summed E-state index contributed by atoms with van der Waals surface area (Å²) in [5.74, 6) is 1.07. The molecule has 17 heavy (non-hydrogen) atoms. The topological polar surface area (TPSA) is 55.2 Å². The van der Waals surface area contributed by atoms with Gasteiger partial charge in [0.2, 0.25) is 0 Å². The van der Waals surface area contributed by atoms with E-state index in [0.29, 0.717) is 11.8 Å². The van der Waals surface area contributed by atoms with Gasteiger partial charge < -0.3 is 5.32 Å². The van der Waals surface area contributed by atoms with Crippen molar-refractivity contribution in [1.82, 2.24) is 5.32 Å². The third kappa shape index (κ3) is 2.21. The zero-order valence-corrected chi connectivity index (χ0v) is 11.2. The Balaban J connectivity index is 2.09. The maximum Gasteiger partial charge on any atom is 0.324 e. The highest BCUT2D eigenvalue weighted by molar-refractivity contribution is 7.15. The van der Waals surface area contributed by atoms with Crippen LogP contribution in [0.5, 0.6) is 0 Å². The Kier molecular flexibility index (Phi) is 3.23. The molecule has 2 atom stereocenters. The summed E-state index contributed by atoms with van der Waals surface area (Å²) in [5.41, 5.74) is 0.265. The monoisotopic (exact) mass is 254 g/mol. The summed E-state index contributed by atoms with van der Waals surface area (Å²) < 4.78 is 0. The van der Waals surface area contributed by atoms with E-state index in [1.54, 1.807) is 6.07 Å². The lowest BCUT2D eigenvalue weighted by atomic mass is 10.1. The van der Waals surface area contributed by atoms with Gasteiger partial charge in [-0.15, -0.1) is 0 Å². The average molecular weight is 254 g/mol. The number of rotatable bonds is 5. The minimum atomic E-state index is -0.303. The maximum atomic E-state index is 10.7. The van der Waals surface area contributed by atoms with Crippen molar-refractivity contribution in [3.63, 3.8) is 0 Å². The molecule has 1 aliphatic carbocycles. The fraction of sp³-hybridized carbons (Fsp3) is 0.667. The Morgan fingerprint density at radius 3 is 2.76 bits per heavy atom. The number of hydrogen-bond donors (Lipinski definition) is 1. The SMILES string of the molecule is CCNCC1C(c2ccc([N+](=O)[O-])s2)C1(C)C. The van der Waals surface area contributed by atoms with Crippen LogP contribution in [0.25, 0.3) is 0 Å². The first kappa shape index (κ1) is 12.5. The summed E-state index contributed by atoms with van der Waals surface area (Å²) >= 11 is 1.32. The Labute approximate surface area is 105 Å². The van der Waals surface area contributed by atoms with E-state index in [9.17, 15) is 10.1 Å². The molecule has 1 aliphatic rings. The minimum Gasteiger partial charge on any atom is -0.317 e. The third-order valence-electron chi connectivity index (χ3n) is 3.76. The van der Waals surface area contributed by atoms with Gasteiger partial charge in [0.05, 0.1) is 4.92 Å². The van der Waals surface area contributed by atoms with E-state index in [4.69, 9.17) is 0 Å². The molecule has 1 N–H and O–H groups in total. The van der Waals surface area contributed by atoms with Crippen LogP contribution in [0, 0.1) is 21.4 Å². The lowest BCUT2D eigenvalue weighted by Gasteiger charge is -2.01. The van der Waals surface area contributed by atoms with Crippen molar-refractivity contribution in [2.75, 3.05) is 13.1 Å². The van der Waals surface area contributed by atoms with Crippen LogP contribution in [0.3, 0.4) is 0 Å². The van der Waals surface area contributed by atoms with Gasteiger partial charge in [-0.1, -0.05) is 32.1 Å². The Hall–Kier alpha value is -0.940. The van der Waals surface area contributed by atoms with Crippen molar-refractivity contribution in [2.24, 2.45) is 11.3 Å². The normalized spacial score (nSPS) is 25.8. The van der Waals surface area contributed by atoms with Gasteiger partial charge in [0.15, 0.2) is 0 Å². The van der Waals surface area contributed by atoms with Crippen molar-refractivity contribution in [3.8, 4) is 0 Å². The number of nitro groups is 1. The number of nitrogens with zero attached hydrogens (tertiary/aromatic N) is 1. The molecular formula is C12H18N2O2S. The molecule has 0 aromatic carbocycles. The second-order valence-corrected chi connectivity index (χ2v) is 6.24. The van der Waals surface area contributed by atoms with E-state index in [1.807, 2.05) is 6.07 Å². The molecule has 1 fully saturated rings. The minimum absolute atomic E-state index is 0.255. The predicted octanol–water partition coefficient (Wildman–Crippen LogP) is 3.01. The first-order valence-corrected chi connectivity index (χ1v) is 6.75. The molecule has 94 valence electrons. The molecule has 0 saturated heterocycles. The molecule has 1 heterocycles. The lowest BCUT2D eigenvalue weighted by Crippen LogP contribution is -2.17. The van der Waals surface area contributed by atoms with Gasteiger partial charge in [0, 0.05) is 16.9 Å². The van der Waals surface area contributed by atoms with E-state index >= 15 is 0 Å². The van der Waals surface area contributed by atoms with Crippen LogP contribution in [0.4, 0.5) is 5.00 Å². The summed E-state index contributed by atoms with van der Waals surface area (Å²) in [6.45, 7) is 8.56. The molecule has 0 bridgehead atoms. The van der Waals surface area contributed by atoms with Crippen molar-refractivity contribution >= 4 is 16.3 Å². The van der Waals surface area contributed by atoms with Crippen molar-refractivity contribution in [1.29, 1.82) is 0 Å². The van der Waals surface area contributed by atoms with Crippen LogP contribution in [-0.4, -0.2) is 18.0 Å². The van der Waals surface area contributed by atoms with Crippen LogP contribution in [-0.2, 0) is 0 Å². The molecule has 4 nitrogen and oxygen atoms in total. The fourth-order valence-electron chi connectivity index (χ4n) is 2.60. The summed E-state index contributed by atoms with van der Waals surface area (Å²) in [6, 6.07) is 3.54. The summed E-state index contributed by atoms with van der Waals surface area (Å²) in [5, 5.41) is 14.3. The molecule has 1 saturated carbocycles. The number of nitrogens with one attached hydrogen (secondary N) is 1. The predicted molar refractivity (Wildman–Crippen MR) is 69.5 cm³/mol. The smallest absolute Gasteiger partial charge is 0.317 e. The molecule has 0 radical (unpaired) electrons. The first-order chi connectivity index (χ1) is 7.98. The highest BCUT2D eigenvalue weighted by atomic mass is 32.1. The maximum absolute atomic E-state index is 10.7. The van der Waals surface area contributed by atoms with E-state index in [-0.39, 0.29) is 15.3 Å². The molecule has 2 unspecified atom stereocenters. The van der Waals surface area contributed by atoms with Crippen LogP contribution >= 0.6 is 11.3 Å². The van der Waals surface area contributed by atoms with Crippen molar-refractivity contribution in [2.45, 2.75) is 26.7 Å². The highest BCUT2D eigenvalue weighted by Gasteiger charge is 2.58. The van der Waals surface area contributed by atoms with Crippen molar-refractivity contribution in [3.05, 3.63) is 27.1 Å². The van der Waals surface area contributed by atoms with E-state index in [2.05, 4.69) is 26.1 Å². The molecule has 0 aliphatic heterocycles. The molecule has 0 spiro atoms. The molecule has 2 rings (SSSR count). The summed E-state index contributed by atoms with van der Waals surface area (Å²) in [7, 11) is 0. The molecule has 5 heteroatoms. The van der Waals surface area contributed by atoms with Gasteiger partial charge in [0.25, 0.3) is 0 Å². The van der Waals surface area contributed by atoms with Gasteiger partial charge in [-0.25, -0.2) is 0 Å². The second kappa shape index (κ2) is 4.38. The molecule has 1 aromatic heterocycles. The van der Waals surface area contributed by atoms with E-state index in [1.165, 1.54) is 11.3 Å². The van der Waals surface area contributed by atoms with E-state index < -0.39 is 0 Å². The zero-order chi connectivity index (χ0) is 12.6.